The second-order valence-corrected chi connectivity index (χ2v) is 7.22. The van der Waals surface area contributed by atoms with E-state index >= 15 is 0 Å². The van der Waals surface area contributed by atoms with E-state index in [1.54, 1.807) is 13.8 Å². The number of aliphatic carboxylic acids is 2. The topological polar surface area (TPSA) is 208 Å². The van der Waals surface area contributed by atoms with Crippen molar-refractivity contribution < 1.29 is 39.3 Å². The molecule has 0 fully saturated rings. The summed E-state index contributed by atoms with van der Waals surface area (Å²) in [6.45, 7) is 6.16. The molecular formula is C18H32N4O8. The van der Waals surface area contributed by atoms with Crippen molar-refractivity contribution in [1.29, 1.82) is 0 Å². The summed E-state index contributed by atoms with van der Waals surface area (Å²) in [4.78, 5) is 59.0. The standard InChI is InChI=1S/C18H32N4O8/c1-5-8(2)13(21-15(26)9(3)19)16(27)22-14(10(4)23)17(28)20-11(18(29)30)6-7-12(24)25/h8-11,13-14,23H,5-7,19H2,1-4H3,(H,20,28)(H,21,26)(H,22,27)(H,24,25)(H,29,30). The number of hydrogen-bond acceptors (Lipinski definition) is 7. The number of amides is 3. The first kappa shape index (κ1) is 27.3. The van der Waals surface area contributed by atoms with E-state index in [1.165, 1.54) is 13.8 Å². The van der Waals surface area contributed by atoms with E-state index in [0.29, 0.717) is 6.42 Å². The number of carboxylic acid groups (broad SMARTS) is 2. The van der Waals surface area contributed by atoms with Gasteiger partial charge in [0, 0.05) is 6.42 Å². The molecule has 8 N–H and O–H groups in total. The van der Waals surface area contributed by atoms with Gasteiger partial charge in [-0.1, -0.05) is 20.3 Å². The molecule has 3 amide bonds. The lowest BCUT2D eigenvalue weighted by Gasteiger charge is -2.28. The molecule has 0 aliphatic carbocycles. The molecule has 172 valence electrons. The van der Waals surface area contributed by atoms with Crippen LogP contribution in [0.15, 0.2) is 0 Å². The average Bonchev–Trinajstić information content (AvgIpc) is 2.65. The first-order chi connectivity index (χ1) is 13.8. The minimum absolute atomic E-state index is 0.326. The summed E-state index contributed by atoms with van der Waals surface area (Å²) in [5, 5.41) is 34.7. The van der Waals surface area contributed by atoms with Crippen molar-refractivity contribution in [2.45, 2.75) is 77.2 Å². The van der Waals surface area contributed by atoms with Gasteiger partial charge >= 0.3 is 11.9 Å². The lowest BCUT2D eigenvalue weighted by molar-refractivity contribution is -0.144. The van der Waals surface area contributed by atoms with Crippen LogP contribution in [-0.4, -0.2) is 75.3 Å². The Kier molecular flexibility index (Phi) is 11.6. The molecule has 0 rings (SSSR count). The fourth-order valence-electron chi connectivity index (χ4n) is 2.42. The van der Waals surface area contributed by atoms with Crippen molar-refractivity contribution >= 4 is 29.7 Å². The average molecular weight is 432 g/mol. The maximum atomic E-state index is 12.7. The van der Waals surface area contributed by atoms with Gasteiger partial charge in [-0.25, -0.2) is 4.79 Å². The molecule has 0 spiro atoms. The molecule has 0 saturated heterocycles. The molecule has 12 heteroatoms. The number of aliphatic hydroxyl groups is 1. The Morgan fingerprint density at radius 2 is 1.37 bits per heavy atom. The molecule has 0 heterocycles. The Hall–Kier alpha value is -2.73. The molecule has 30 heavy (non-hydrogen) atoms. The molecule has 12 nitrogen and oxygen atoms in total. The van der Waals surface area contributed by atoms with Gasteiger partial charge in [0.05, 0.1) is 12.1 Å². The van der Waals surface area contributed by atoms with Crippen LogP contribution in [0.4, 0.5) is 0 Å². The Morgan fingerprint density at radius 3 is 1.77 bits per heavy atom. The minimum atomic E-state index is -1.53. The fourth-order valence-corrected chi connectivity index (χ4v) is 2.42. The maximum Gasteiger partial charge on any atom is 0.326 e. The molecule has 0 aromatic carbocycles. The minimum Gasteiger partial charge on any atom is -0.481 e. The summed E-state index contributed by atoms with van der Waals surface area (Å²) < 4.78 is 0. The Bertz CT molecular complexity index is 638. The zero-order valence-corrected chi connectivity index (χ0v) is 17.5. The molecular weight excluding hydrogens is 400 g/mol. The van der Waals surface area contributed by atoms with E-state index in [4.69, 9.17) is 15.9 Å². The zero-order valence-electron chi connectivity index (χ0n) is 17.5. The third-order valence-electron chi connectivity index (χ3n) is 4.53. The van der Waals surface area contributed by atoms with Crippen LogP contribution in [0.3, 0.4) is 0 Å². The summed E-state index contributed by atoms with van der Waals surface area (Å²) in [7, 11) is 0. The van der Waals surface area contributed by atoms with Crippen molar-refractivity contribution in [3.8, 4) is 0 Å². The second kappa shape index (κ2) is 12.8. The number of nitrogens with two attached hydrogens (primary N) is 1. The molecule has 0 saturated carbocycles. The van der Waals surface area contributed by atoms with Crippen LogP contribution in [0, 0.1) is 5.92 Å². The molecule has 0 bridgehead atoms. The molecule has 0 radical (unpaired) electrons. The summed E-state index contributed by atoms with van der Waals surface area (Å²) in [5.41, 5.74) is 5.51. The van der Waals surface area contributed by atoms with Crippen molar-refractivity contribution in [2.24, 2.45) is 11.7 Å². The monoisotopic (exact) mass is 432 g/mol. The van der Waals surface area contributed by atoms with Gasteiger partial charge in [0.25, 0.3) is 0 Å². The quantitative estimate of drug-likeness (QED) is 0.174. The van der Waals surface area contributed by atoms with Gasteiger partial charge in [0.1, 0.15) is 18.1 Å². The van der Waals surface area contributed by atoms with Gasteiger partial charge in [-0.15, -0.1) is 0 Å². The number of nitrogens with one attached hydrogen (secondary N) is 3. The zero-order chi connectivity index (χ0) is 23.6. The number of carboxylic acids is 2. The highest BCUT2D eigenvalue weighted by molar-refractivity contribution is 5.94. The lowest BCUT2D eigenvalue weighted by atomic mass is 9.97. The summed E-state index contributed by atoms with van der Waals surface area (Å²) in [6.07, 6.45) is -1.76. The Balaban J connectivity index is 5.39. The van der Waals surface area contributed by atoms with Crippen LogP contribution >= 0.6 is 0 Å². The summed E-state index contributed by atoms with van der Waals surface area (Å²) >= 11 is 0. The smallest absolute Gasteiger partial charge is 0.326 e. The molecule has 6 atom stereocenters. The summed E-state index contributed by atoms with van der Waals surface area (Å²) in [6, 6.07) is -4.95. The van der Waals surface area contributed by atoms with E-state index in [9.17, 15) is 29.1 Å². The predicted octanol–water partition coefficient (Wildman–Crippen LogP) is -1.84. The first-order valence-corrected chi connectivity index (χ1v) is 9.61. The Labute approximate surface area is 174 Å². The van der Waals surface area contributed by atoms with Crippen LogP contribution in [-0.2, 0) is 24.0 Å². The molecule has 0 aliphatic heterocycles. The van der Waals surface area contributed by atoms with Crippen LogP contribution in [0.5, 0.6) is 0 Å². The van der Waals surface area contributed by atoms with Gasteiger partial charge in [-0.3, -0.25) is 19.2 Å². The highest BCUT2D eigenvalue weighted by Gasteiger charge is 2.34. The van der Waals surface area contributed by atoms with Crippen molar-refractivity contribution in [2.75, 3.05) is 0 Å². The molecule has 0 aromatic rings. The van der Waals surface area contributed by atoms with Crippen LogP contribution in [0.1, 0.15) is 47.0 Å². The van der Waals surface area contributed by atoms with Crippen molar-refractivity contribution in [3.63, 3.8) is 0 Å². The van der Waals surface area contributed by atoms with Crippen LogP contribution < -0.4 is 21.7 Å². The normalized spacial score (nSPS) is 16.9. The van der Waals surface area contributed by atoms with E-state index in [1.807, 2.05) is 0 Å². The molecule has 6 unspecified atom stereocenters. The highest BCUT2D eigenvalue weighted by atomic mass is 16.4. The second-order valence-electron chi connectivity index (χ2n) is 7.22. The number of hydrogen-bond donors (Lipinski definition) is 7. The van der Waals surface area contributed by atoms with E-state index in [0.717, 1.165) is 0 Å². The molecule has 0 aromatic heterocycles. The molecule has 0 aliphatic rings. The van der Waals surface area contributed by atoms with Gasteiger partial charge < -0.3 is 37.0 Å². The third-order valence-corrected chi connectivity index (χ3v) is 4.53. The van der Waals surface area contributed by atoms with Gasteiger partial charge in [-0.2, -0.15) is 0 Å². The third kappa shape index (κ3) is 9.18. The fraction of sp³-hybridized carbons (Fsp3) is 0.722. The van der Waals surface area contributed by atoms with E-state index in [-0.39, 0.29) is 12.3 Å². The number of carbonyl (C=O) groups is 5. The first-order valence-electron chi connectivity index (χ1n) is 9.61. The predicted molar refractivity (Wildman–Crippen MR) is 105 cm³/mol. The van der Waals surface area contributed by atoms with E-state index < -0.39 is 66.4 Å². The van der Waals surface area contributed by atoms with E-state index in [2.05, 4.69) is 16.0 Å². The van der Waals surface area contributed by atoms with Crippen molar-refractivity contribution in [3.05, 3.63) is 0 Å². The number of aliphatic hydroxyl groups excluding tert-OH is 1. The maximum absolute atomic E-state index is 12.7. The number of rotatable bonds is 13. The Morgan fingerprint density at radius 1 is 0.867 bits per heavy atom. The van der Waals surface area contributed by atoms with Gasteiger partial charge in [-0.05, 0) is 26.2 Å². The van der Waals surface area contributed by atoms with Crippen LogP contribution in [0.25, 0.3) is 0 Å². The van der Waals surface area contributed by atoms with Gasteiger partial charge in [0.2, 0.25) is 17.7 Å². The largest absolute Gasteiger partial charge is 0.481 e. The van der Waals surface area contributed by atoms with Crippen molar-refractivity contribution in [1.82, 2.24) is 16.0 Å². The highest BCUT2D eigenvalue weighted by Crippen LogP contribution is 2.10. The van der Waals surface area contributed by atoms with Gasteiger partial charge in [0.15, 0.2) is 0 Å². The lowest BCUT2D eigenvalue weighted by Crippen LogP contribution is -2.60. The summed E-state index contributed by atoms with van der Waals surface area (Å²) in [5.74, 6) is -5.35. The number of carbonyl (C=O) groups excluding carboxylic acids is 3. The SMILES string of the molecule is CCC(C)C(NC(=O)C(C)N)C(=O)NC(C(=O)NC(CCC(=O)O)C(=O)O)C(C)O. The van der Waals surface area contributed by atoms with Crippen LogP contribution in [0.2, 0.25) is 0 Å².